The van der Waals surface area contributed by atoms with Crippen molar-refractivity contribution in [2.24, 2.45) is 0 Å². The first-order valence-corrected chi connectivity index (χ1v) is 8.45. The maximum absolute atomic E-state index is 12.4. The molecule has 0 saturated heterocycles. The van der Waals surface area contributed by atoms with Gasteiger partial charge in [-0.15, -0.1) is 11.3 Å². The van der Waals surface area contributed by atoms with Crippen LogP contribution in [0.5, 0.6) is 0 Å². The number of aryl methyl sites for hydroxylation is 1. The highest BCUT2D eigenvalue weighted by Gasteiger charge is 2.29. The van der Waals surface area contributed by atoms with Crippen LogP contribution in [-0.2, 0) is 6.42 Å². The van der Waals surface area contributed by atoms with E-state index in [1.54, 1.807) is 6.20 Å². The van der Waals surface area contributed by atoms with Gasteiger partial charge in [0.25, 0.3) is 5.91 Å². The smallest absolute Gasteiger partial charge is 0.263 e. The van der Waals surface area contributed by atoms with Crippen LogP contribution in [0.3, 0.4) is 0 Å². The van der Waals surface area contributed by atoms with Gasteiger partial charge < -0.3 is 5.32 Å². The molecule has 1 N–H and O–H groups in total. The Hall–Kier alpha value is -1.39. The molecule has 1 amide bonds. The summed E-state index contributed by atoms with van der Waals surface area (Å²) < 4.78 is 0. The number of carbonyl (C=O) groups is 1. The van der Waals surface area contributed by atoms with Crippen LogP contribution < -0.4 is 5.32 Å². The van der Waals surface area contributed by atoms with Gasteiger partial charge in [0.2, 0.25) is 0 Å². The van der Waals surface area contributed by atoms with E-state index in [0.717, 1.165) is 27.7 Å². The Morgan fingerprint density at radius 3 is 3.00 bits per heavy atom. The summed E-state index contributed by atoms with van der Waals surface area (Å²) in [6, 6.07) is 6.01. The zero-order chi connectivity index (χ0) is 14.4. The molecule has 1 aromatic carbocycles. The number of carbonyl (C=O) groups excluding carboxylic acids is 1. The van der Waals surface area contributed by atoms with Gasteiger partial charge in [-0.1, -0.05) is 17.7 Å². The van der Waals surface area contributed by atoms with E-state index in [9.17, 15) is 4.79 Å². The Morgan fingerprint density at radius 1 is 1.33 bits per heavy atom. The quantitative estimate of drug-likeness (QED) is 0.926. The Balaban J connectivity index is 1.50. The first kappa shape index (κ1) is 13.3. The molecular formula is C16H15ClN2OS. The zero-order valence-corrected chi connectivity index (χ0v) is 13.0. The molecule has 2 aromatic rings. The van der Waals surface area contributed by atoms with Crippen LogP contribution in [0.15, 0.2) is 24.4 Å². The number of fused-ring (bicyclic) bond motifs is 1. The molecule has 1 fully saturated rings. The summed E-state index contributed by atoms with van der Waals surface area (Å²) >= 11 is 7.55. The van der Waals surface area contributed by atoms with Crippen LogP contribution in [0.1, 0.15) is 57.0 Å². The number of halogens is 1. The highest BCUT2D eigenvalue weighted by molar-refractivity contribution is 7.13. The molecule has 21 heavy (non-hydrogen) atoms. The van der Waals surface area contributed by atoms with Crippen molar-refractivity contribution in [2.45, 2.75) is 37.6 Å². The molecule has 1 unspecified atom stereocenters. The van der Waals surface area contributed by atoms with Gasteiger partial charge in [-0.05, 0) is 48.9 Å². The van der Waals surface area contributed by atoms with Crippen molar-refractivity contribution >= 4 is 28.8 Å². The molecule has 0 radical (unpaired) electrons. The predicted molar refractivity (Wildman–Crippen MR) is 84.1 cm³/mol. The molecule has 108 valence electrons. The molecule has 1 saturated carbocycles. The Kier molecular flexibility index (Phi) is 3.23. The zero-order valence-electron chi connectivity index (χ0n) is 11.4. The minimum atomic E-state index is -0.00722. The second kappa shape index (κ2) is 5.11. The molecule has 1 atom stereocenters. The summed E-state index contributed by atoms with van der Waals surface area (Å²) in [5.41, 5.74) is 2.44. The summed E-state index contributed by atoms with van der Waals surface area (Å²) in [6.45, 7) is 0. The monoisotopic (exact) mass is 318 g/mol. The van der Waals surface area contributed by atoms with Crippen LogP contribution in [0.4, 0.5) is 0 Å². The first-order chi connectivity index (χ1) is 10.2. The van der Waals surface area contributed by atoms with Crippen molar-refractivity contribution in [3.63, 3.8) is 0 Å². The molecular weight excluding hydrogens is 304 g/mol. The van der Waals surface area contributed by atoms with Crippen LogP contribution in [0.2, 0.25) is 5.02 Å². The van der Waals surface area contributed by atoms with E-state index >= 15 is 0 Å². The highest BCUT2D eigenvalue weighted by Crippen LogP contribution is 2.42. The number of thiazole rings is 1. The van der Waals surface area contributed by atoms with Gasteiger partial charge in [0.05, 0.1) is 17.2 Å². The molecule has 3 nitrogen and oxygen atoms in total. The van der Waals surface area contributed by atoms with Crippen molar-refractivity contribution < 1.29 is 4.79 Å². The Morgan fingerprint density at radius 2 is 2.19 bits per heavy atom. The third-order valence-corrected chi connectivity index (χ3v) is 5.56. The van der Waals surface area contributed by atoms with Crippen molar-refractivity contribution in [1.82, 2.24) is 10.3 Å². The lowest BCUT2D eigenvalue weighted by atomic mass is 10.1. The number of benzene rings is 1. The van der Waals surface area contributed by atoms with Crippen molar-refractivity contribution in [3.05, 3.63) is 50.4 Å². The minimum absolute atomic E-state index is 0.00722. The number of aromatic nitrogens is 1. The van der Waals surface area contributed by atoms with Gasteiger partial charge in [0.15, 0.2) is 0 Å². The lowest BCUT2D eigenvalue weighted by Crippen LogP contribution is -2.26. The Labute approximate surface area is 132 Å². The van der Waals surface area contributed by atoms with Crippen LogP contribution >= 0.6 is 22.9 Å². The number of rotatable bonds is 3. The van der Waals surface area contributed by atoms with Gasteiger partial charge in [0, 0.05) is 10.9 Å². The average Bonchev–Trinajstić information content (AvgIpc) is 3.07. The summed E-state index contributed by atoms with van der Waals surface area (Å²) in [6.07, 6.45) is 6.05. The van der Waals surface area contributed by atoms with Crippen LogP contribution in [0.25, 0.3) is 0 Å². The van der Waals surface area contributed by atoms with E-state index in [-0.39, 0.29) is 11.9 Å². The molecule has 0 spiro atoms. The fraction of sp³-hybridized carbons (Fsp3) is 0.375. The molecule has 1 aromatic heterocycles. The number of nitrogens with one attached hydrogen (secondary N) is 1. The average molecular weight is 319 g/mol. The number of amides is 1. The fourth-order valence-corrected chi connectivity index (χ4v) is 4.06. The van der Waals surface area contributed by atoms with Crippen molar-refractivity contribution in [1.29, 1.82) is 0 Å². The topological polar surface area (TPSA) is 42.0 Å². The second-order valence-corrected chi connectivity index (χ2v) is 7.24. The predicted octanol–water partition coefficient (Wildman–Crippen LogP) is 4.09. The van der Waals surface area contributed by atoms with E-state index in [2.05, 4.69) is 10.3 Å². The third kappa shape index (κ3) is 2.58. The molecule has 4 rings (SSSR count). The van der Waals surface area contributed by atoms with Gasteiger partial charge >= 0.3 is 0 Å². The molecule has 0 aliphatic heterocycles. The van der Waals surface area contributed by atoms with Gasteiger partial charge in [-0.3, -0.25) is 4.79 Å². The SMILES string of the molecule is O=C(NC1CCc2cc(Cl)ccc21)c1cnc(C2CC2)s1. The fourth-order valence-electron chi connectivity index (χ4n) is 2.88. The van der Waals surface area contributed by atoms with E-state index in [0.29, 0.717) is 5.92 Å². The minimum Gasteiger partial charge on any atom is -0.344 e. The van der Waals surface area contributed by atoms with E-state index in [1.807, 2.05) is 18.2 Å². The molecule has 2 aliphatic rings. The lowest BCUT2D eigenvalue weighted by molar-refractivity contribution is 0.0940. The maximum atomic E-state index is 12.4. The van der Waals surface area contributed by atoms with E-state index in [1.165, 1.54) is 35.3 Å². The van der Waals surface area contributed by atoms with Gasteiger partial charge in [0.1, 0.15) is 4.88 Å². The summed E-state index contributed by atoms with van der Waals surface area (Å²) in [4.78, 5) is 17.5. The van der Waals surface area contributed by atoms with Gasteiger partial charge in [-0.2, -0.15) is 0 Å². The maximum Gasteiger partial charge on any atom is 0.263 e. The largest absolute Gasteiger partial charge is 0.344 e. The third-order valence-electron chi connectivity index (χ3n) is 4.16. The second-order valence-electron chi connectivity index (χ2n) is 5.74. The summed E-state index contributed by atoms with van der Waals surface area (Å²) in [7, 11) is 0. The molecule has 0 bridgehead atoms. The first-order valence-electron chi connectivity index (χ1n) is 7.25. The van der Waals surface area contributed by atoms with E-state index < -0.39 is 0 Å². The Bertz CT molecular complexity index is 708. The number of hydrogen-bond donors (Lipinski definition) is 1. The van der Waals surface area contributed by atoms with Crippen molar-refractivity contribution in [2.75, 3.05) is 0 Å². The molecule has 2 aliphatic carbocycles. The van der Waals surface area contributed by atoms with E-state index in [4.69, 9.17) is 11.6 Å². The normalized spacial score (nSPS) is 20.3. The lowest BCUT2D eigenvalue weighted by Gasteiger charge is -2.13. The summed E-state index contributed by atoms with van der Waals surface area (Å²) in [5.74, 6) is 0.595. The highest BCUT2D eigenvalue weighted by atomic mass is 35.5. The molecule has 1 heterocycles. The summed E-state index contributed by atoms with van der Waals surface area (Å²) in [5, 5.41) is 5.00. The van der Waals surface area contributed by atoms with Crippen molar-refractivity contribution in [3.8, 4) is 0 Å². The number of hydrogen-bond acceptors (Lipinski definition) is 3. The van der Waals surface area contributed by atoms with Crippen LogP contribution in [-0.4, -0.2) is 10.9 Å². The molecule has 5 heteroatoms. The number of nitrogens with zero attached hydrogens (tertiary/aromatic N) is 1. The standard InChI is InChI=1S/C16H15ClN2OS/c17-11-4-5-12-10(7-11)3-6-13(12)19-15(20)14-8-18-16(21-14)9-1-2-9/h4-5,7-9,13H,1-3,6H2,(H,19,20). The van der Waals surface area contributed by atoms with Gasteiger partial charge in [-0.25, -0.2) is 4.98 Å². The van der Waals surface area contributed by atoms with Crippen LogP contribution in [0, 0.1) is 0 Å².